The van der Waals surface area contributed by atoms with Crippen molar-refractivity contribution in [3.8, 4) is 33.4 Å². The zero-order valence-corrected chi connectivity index (χ0v) is 30.8. The van der Waals surface area contributed by atoms with Crippen LogP contribution in [0.2, 0.25) is 0 Å². The highest BCUT2D eigenvalue weighted by atomic mass is 32.1. The van der Waals surface area contributed by atoms with E-state index < -0.39 is 0 Å². The van der Waals surface area contributed by atoms with Crippen molar-refractivity contribution in [1.29, 1.82) is 0 Å². The molecule has 250 valence electrons. The Morgan fingerprint density at radius 2 is 0.778 bits per heavy atom. The molecule has 0 bridgehead atoms. The Balaban J connectivity index is 1.12. The minimum atomic E-state index is 1.23. The van der Waals surface area contributed by atoms with E-state index in [4.69, 9.17) is 0 Å². The van der Waals surface area contributed by atoms with E-state index in [1.807, 2.05) is 22.7 Å². The molecular weight excluding hydrogens is 689 g/mol. The van der Waals surface area contributed by atoms with Crippen molar-refractivity contribution in [2.24, 2.45) is 0 Å². The van der Waals surface area contributed by atoms with Crippen molar-refractivity contribution in [1.82, 2.24) is 0 Å². The summed E-state index contributed by atoms with van der Waals surface area (Å²) in [5, 5.41) is 15.8. The third-order valence-electron chi connectivity index (χ3n) is 11.4. The van der Waals surface area contributed by atoms with Gasteiger partial charge in [0.25, 0.3) is 0 Å². The summed E-state index contributed by atoms with van der Waals surface area (Å²) in [6, 6.07) is 67.8. The Kier molecular flexibility index (Phi) is 6.48. The predicted octanol–water partition coefficient (Wildman–Crippen LogP) is 16.0. The molecule has 0 saturated carbocycles. The molecule has 0 amide bonds. The van der Waals surface area contributed by atoms with Gasteiger partial charge in [-0.2, -0.15) is 0 Å². The number of rotatable bonds is 3. The maximum atomic E-state index is 2.46. The zero-order valence-electron chi connectivity index (χ0n) is 29.1. The van der Waals surface area contributed by atoms with Crippen LogP contribution in [0, 0.1) is 0 Å². The van der Waals surface area contributed by atoms with Gasteiger partial charge in [-0.1, -0.05) is 152 Å². The molecule has 0 nitrogen and oxygen atoms in total. The van der Waals surface area contributed by atoms with E-state index in [2.05, 4.69) is 182 Å². The van der Waals surface area contributed by atoms with Gasteiger partial charge in [0.05, 0.1) is 0 Å². The Bertz CT molecular complexity index is 3440. The molecule has 0 spiro atoms. The zero-order chi connectivity index (χ0) is 35.3. The first kappa shape index (κ1) is 30.2. The molecule has 0 aliphatic carbocycles. The number of hydrogen-bond acceptors (Lipinski definition) is 2. The van der Waals surface area contributed by atoms with Gasteiger partial charge in [-0.3, -0.25) is 0 Å². The van der Waals surface area contributed by atoms with Crippen LogP contribution in [0.5, 0.6) is 0 Å². The van der Waals surface area contributed by atoms with Crippen molar-refractivity contribution in [3.05, 3.63) is 182 Å². The van der Waals surface area contributed by atoms with Crippen LogP contribution in [-0.2, 0) is 0 Å². The first-order valence-electron chi connectivity index (χ1n) is 18.5. The Morgan fingerprint density at radius 1 is 0.259 bits per heavy atom. The van der Waals surface area contributed by atoms with E-state index in [9.17, 15) is 0 Å². The molecule has 54 heavy (non-hydrogen) atoms. The Hall–Kier alpha value is -6.32. The molecule has 0 unspecified atom stereocenters. The summed E-state index contributed by atoms with van der Waals surface area (Å²) in [4.78, 5) is 0. The second-order valence-electron chi connectivity index (χ2n) is 14.3. The van der Waals surface area contributed by atoms with Gasteiger partial charge in [0, 0.05) is 40.3 Å². The molecule has 12 aromatic rings. The van der Waals surface area contributed by atoms with Gasteiger partial charge in [0.2, 0.25) is 0 Å². The predicted molar refractivity (Wildman–Crippen MR) is 239 cm³/mol. The molecule has 0 atom stereocenters. The minimum absolute atomic E-state index is 1.23. The van der Waals surface area contributed by atoms with Gasteiger partial charge >= 0.3 is 0 Å². The number of fused-ring (bicyclic) bond motifs is 12. The fraction of sp³-hybridized carbons (Fsp3) is 0. The molecule has 10 aromatic carbocycles. The molecule has 12 rings (SSSR count). The molecule has 0 aliphatic heterocycles. The smallest absolute Gasteiger partial charge is 0.0368 e. The van der Waals surface area contributed by atoms with E-state index in [-0.39, 0.29) is 0 Å². The summed E-state index contributed by atoms with van der Waals surface area (Å²) < 4.78 is 5.39. The van der Waals surface area contributed by atoms with Crippen molar-refractivity contribution in [2.45, 2.75) is 0 Å². The second kappa shape index (κ2) is 11.6. The van der Waals surface area contributed by atoms with Gasteiger partial charge in [0.15, 0.2) is 0 Å². The van der Waals surface area contributed by atoms with Gasteiger partial charge in [-0.05, 0) is 107 Å². The van der Waals surface area contributed by atoms with Crippen LogP contribution >= 0.6 is 22.7 Å². The maximum Gasteiger partial charge on any atom is 0.0368 e. The lowest BCUT2D eigenvalue weighted by Crippen LogP contribution is -1.92. The monoisotopic (exact) mass is 718 g/mol. The van der Waals surface area contributed by atoms with Crippen molar-refractivity contribution in [2.75, 3.05) is 0 Å². The molecule has 2 aromatic heterocycles. The summed E-state index contributed by atoms with van der Waals surface area (Å²) in [5.74, 6) is 0. The topological polar surface area (TPSA) is 0 Å². The number of benzene rings is 10. The lowest BCUT2D eigenvalue weighted by Gasteiger charge is -2.19. The van der Waals surface area contributed by atoms with Gasteiger partial charge < -0.3 is 0 Å². The highest BCUT2D eigenvalue weighted by molar-refractivity contribution is 7.28. The SMILES string of the molecule is c1cc(-c2c3ccccc3c(-c3cccc4ccccc34)c3ccccc23)cc(-c2cc3sc4ccc5sc6ccccc6c5c4c3c3ccccc23)c1. The summed E-state index contributed by atoms with van der Waals surface area (Å²) >= 11 is 3.82. The van der Waals surface area contributed by atoms with Crippen LogP contribution in [-0.4, -0.2) is 0 Å². The van der Waals surface area contributed by atoms with Crippen LogP contribution in [0.25, 0.3) is 117 Å². The molecule has 0 fully saturated rings. The van der Waals surface area contributed by atoms with Crippen LogP contribution < -0.4 is 0 Å². The van der Waals surface area contributed by atoms with E-state index in [1.165, 1.54) is 117 Å². The van der Waals surface area contributed by atoms with Crippen molar-refractivity contribution < 1.29 is 0 Å². The molecular formula is C52H30S2. The maximum absolute atomic E-state index is 2.46. The molecule has 2 heterocycles. The Morgan fingerprint density at radius 3 is 1.54 bits per heavy atom. The van der Waals surface area contributed by atoms with Gasteiger partial charge in [-0.15, -0.1) is 22.7 Å². The summed E-state index contributed by atoms with van der Waals surface area (Å²) in [5.41, 5.74) is 7.60. The molecule has 0 radical (unpaired) electrons. The highest BCUT2D eigenvalue weighted by Gasteiger charge is 2.20. The second-order valence-corrected chi connectivity index (χ2v) is 16.5. The normalized spacial score (nSPS) is 12.1. The van der Waals surface area contributed by atoms with Crippen molar-refractivity contribution >= 4 is 106 Å². The fourth-order valence-corrected chi connectivity index (χ4v) is 11.5. The van der Waals surface area contributed by atoms with Crippen LogP contribution in [0.4, 0.5) is 0 Å². The number of thiophene rings is 2. The van der Waals surface area contributed by atoms with Crippen LogP contribution in [0.3, 0.4) is 0 Å². The highest BCUT2D eigenvalue weighted by Crippen LogP contribution is 2.50. The quantitative estimate of drug-likeness (QED) is 0.160. The fourth-order valence-electron chi connectivity index (χ4n) is 9.19. The molecule has 0 saturated heterocycles. The first-order chi connectivity index (χ1) is 26.8. The average Bonchev–Trinajstić information content (AvgIpc) is 3.81. The van der Waals surface area contributed by atoms with Crippen LogP contribution in [0.15, 0.2) is 182 Å². The Labute approximate surface area is 319 Å². The number of hydrogen-bond donors (Lipinski definition) is 0. The third-order valence-corrected chi connectivity index (χ3v) is 13.7. The first-order valence-corrected chi connectivity index (χ1v) is 20.1. The lowest BCUT2D eigenvalue weighted by atomic mass is 9.84. The molecule has 0 aliphatic rings. The third kappa shape index (κ3) is 4.30. The lowest BCUT2D eigenvalue weighted by molar-refractivity contribution is 1.65. The van der Waals surface area contributed by atoms with Crippen molar-refractivity contribution in [3.63, 3.8) is 0 Å². The molecule has 0 N–H and O–H groups in total. The summed E-state index contributed by atoms with van der Waals surface area (Å²) in [6.45, 7) is 0. The van der Waals surface area contributed by atoms with E-state index in [0.29, 0.717) is 0 Å². The van der Waals surface area contributed by atoms with E-state index in [1.54, 1.807) is 0 Å². The summed E-state index contributed by atoms with van der Waals surface area (Å²) in [7, 11) is 0. The van der Waals surface area contributed by atoms with Crippen LogP contribution in [0.1, 0.15) is 0 Å². The van der Waals surface area contributed by atoms with Gasteiger partial charge in [0.1, 0.15) is 0 Å². The van der Waals surface area contributed by atoms with Gasteiger partial charge in [-0.25, -0.2) is 0 Å². The minimum Gasteiger partial charge on any atom is -0.135 e. The largest absolute Gasteiger partial charge is 0.135 e. The average molecular weight is 719 g/mol. The van der Waals surface area contributed by atoms with E-state index >= 15 is 0 Å². The van der Waals surface area contributed by atoms with E-state index in [0.717, 1.165) is 0 Å². The summed E-state index contributed by atoms with van der Waals surface area (Å²) in [6.07, 6.45) is 0. The standard InChI is InChI=1S/C52H30S2/c1-2-17-34-31(13-1)14-12-25-36(34)49-40-22-7-5-20-38(40)48(39-21-6-8-23-41(39)49)33-16-11-15-32(29-33)43-30-47-50(37-19-4-3-18-35(37)43)52-46(54-47)28-27-45-51(52)42-24-9-10-26-44(42)53-45/h1-30H. The molecule has 2 heteroatoms.